The average Bonchev–Trinajstić information content (AvgIpc) is 2.84. The van der Waals surface area contributed by atoms with E-state index in [0.29, 0.717) is 13.2 Å². The summed E-state index contributed by atoms with van der Waals surface area (Å²) in [5, 5.41) is 4.32. The highest BCUT2D eigenvalue weighted by Gasteiger charge is 2.11. The molecule has 0 aliphatic heterocycles. The molecule has 5 heteroatoms. The summed E-state index contributed by atoms with van der Waals surface area (Å²) in [5.74, 6) is 0.884. The Morgan fingerprint density at radius 3 is 2.59 bits per heavy atom. The molecule has 0 aliphatic carbocycles. The van der Waals surface area contributed by atoms with Gasteiger partial charge in [-0.2, -0.15) is 5.10 Å². The first-order valence-corrected chi connectivity index (χ1v) is 6.34. The van der Waals surface area contributed by atoms with Crippen molar-refractivity contribution in [3.63, 3.8) is 0 Å². The molecule has 2 aromatic rings. The lowest BCUT2D eigenvalue weighted by Gasteiger charge is -2.04. The normalized spacial score (nSPS) is 10.8. The second-order valence-corrected chi connectivity index (χ2v) is 5.24. The van der Waals surface area contributed by atoms with Gasteiger partial charge in [-0.05, 0) is 26.0 Å². The van der Waals surface area contributed by atoms with Crippen molar-refractivity contribution in [3.8, 4) is 5.75 Å². The van der Waals surface area contributed by atoms with Crippen molar-refractivity contribution in [3.05, 3.63) is 33.3 Å². The number of nitrogens with two attached hydrogens (primary N) is 1. The number of ether oxygens (including phenoxy) is 1. The van der Waals surface area contributed by atoms with Gasteiger partial charge in [0.05, 0.1) is 5.69 Å². The Morgan fingerprint density at radius 1 is 1.35 bits per heavy atom. The lowest BCUT2D eigenvalue weighted by atomic mass is 10.3. The maximum absolute atomic E-state index is 5.82. The molecule has 2 aromatic heterocycles. The molecular formula is C12H17N3OS. The summed E-state index contributed by atoms with van der Waals surface area (Å²) < 4.78 is 7.66. The van der Waals surface area contributed by atoms with Crippen molar-refractivity contribution >= 4 is 11.3 Å². The highest BCUT2D eigenvalue weighted by Crippen LogP contribution is 2.24. The van der Waals surface area contributed by atoms with Crippen LogP contribution in [0.5, 0.6) is 5.75 Å². The minimum absolute atomic E-state index is 0.581. The van der Waals surface area contributed by atoms with Crippen LogP contribution in [0.25, 0.3) is 0 Å². The summed E-state index contributed by atoms with van der Waals surface area (Å²) in [6.45, 7) is 5.14. The van der Waals surface area contributed by atoms with Crippen LogP contribution in [0.3, 0.4) is 0 Å². The summed E-state index contributed by atoms with van der Waals surface area (Å²) in [4.78, 5) is 2.37. The van der Waals surface area contributed by atoms with Crippen LogP contribution in [0.2, 0.25) is 0 Å². The molecule has 0 spiro atoms. The summed E-state index contributed by atoms with van der Waals surface area (Å²) >= 11 is 1.69. The maximum Gasteiger partial charge on any atom is 0.163 e. The van der Waals surface area contributed by atoms with Crippen LogP contribution in [0.1, 0.15) is 21.1 Å². The van der Waals surface area contributed by atoms with Crippen LogP contribution in [0.15, 0.2) is 12.1 Å². The summed E-state index contributed by atoms with van der Waals surface area (Å²) in [5.41, 5.74) is 7.56. The van der Waals surface area contributed by atoms with Gasteiger partial charge in [-0.1, -0.05) is 0 Å². The summed E-state index contributed by atoms with van der Waals surface area (Å²) in [6.07, 6.45) is 0. The minimum Gasteiger partial charge on any atom is -0.484 e. The van der Waals surface area contributed by atoms with Crippen LogP contribution in [0.4, 0.5) is 0 Å². The molecule has 2 heterocycles. The van der Waals surface area contributed by atoms with Gasteiger partial charge in [-0.15, -0.1) is 11.3 Å². The van der Waals surface area contributed by atoms with Crippen molar-refractivity contribution in [1.29, 1.82) is 0 Å². The van der Waals surface area contributed by atoms with Gasteiger partial charge in [0.2, 0.25) is 0 Å². The fourth-order valence-corrected chi connectivity index (χ4v) is 2.53. The Balaban J connectivity index is 2.07. The Labute approximate surface area is 105 Å². The zero-order chi connectivity index (χ0) is 12.4. The van der Waals surface area contributed by atoms with E-state index >= 15 is 0 Å². The van der Waals surface area contributed by atoms with Crippen LogP contribution in [-0.4, -0.2) is 9.78 Å². The molecule has 0 aromatic carbocycles. The van der Waals surface area contributed by atoms with E-state index in [-0.39, 0.29) is 0 Å². The Morgan fingerprint density at radius 2 is 2.06 bits per heavy atom. The van der Waals surface area contributed by atoms with E-state index in [1.165, 1.54) is 9.75 Å². The maximum atomic E-state index is 5.82. The van der Waals surface area contributed by atoms with Crippen molar-refractivity contribution in [2.45, 2.75) is 27.0 Å². The third-order valence-corrected chi connectivity index (χ3v) is 3.80. The van der Waals surface area contributed by atoms with Gasteiger partial charge >= 0.3 is 0 Å². The average molecular weight is 251 g/mol. The fourth-order valence-electron chi connectivity index (χ4n) is 1.72. The number of rotatable bonds is 4. The van der Waals surface area contributed by atoms with Crippen LogP contribution in [-0.2, 0) is 20.2 Å². The van der Waals surface area contributed by atoms with Gasteiger partial charge in [0, 0.05) is 23.3 Å². The molecule has 17 heavy (non-hydrogen) atoms. The van der Waals surface area contributed by atoms with E-state index in [2.05, 4.69) is 11.2 Å². The molecule has 0 fully saturated rings. The number of aryl methyl sites for hydroxylation is 2. The second-order valence-electron chi connectivity index (χ2n) is 3.98. The van der Waals surface area contributed by atoms with E-state index < -0.39 is 0 Å². The molecule has 4 nitrogen and oxygen atoms in total. The van der Waals surface area contributed by atoms with Gasteiger partial charge in [-0.3, -0.25) is 4.68 Å². The third kappa shape index (κ3) is 2.50. The fraction of sp³-hybridized carbons (Fsp3) is 0.417. The topological polar surface area (TPSA) is 53.1 Å². The zero-order valence-corrected chi connectivity index (χ0v) is 11.2. The number of hydrogen-bond acceptors (Lipinski definition) is 4. The van der Waals surface area contributed by atoms with E-state index in [0.717, 1.165) is 17.1 Å². The van der Waals surface area contributed by atoms with Crippen LogP contribution >= 0.6 is 11.3 Å². The number of thiophene rings is 1. The third-order valence-electron chi connectivity index (χ3n) is 2.72. The first kappa shape index (κ1) is 12.1. The SMILES string of the molecule is Cc1nn(C)c(C)c1OCc1ccc(CN)s1. The number of hydrogen-bond donors (Lipinski definition) is 1. The summed E-state index contributed by atoms with van der Waals surface area (Å²) in [6, 6.07) is 4.11. The predicted molar refractivity (Wildman–Crippen MR) is 69.2 cm³/mol. The minimum atomic E-state index is 0.581. The predicted octanol–water partition coefficient (Wildman–Crippen LogP) is 2.14. The van der Waals surface area contributed by atoms with Crippen LogP contribution < -0.4 is 10.5 Å². The highest BCUT2D eigenvalue weighted by atomic mass is 32.1. The van der Waals surface area contributed by atoms with E-state index in [1.807, 2.05) is 31.6 Å². The lowest BCUT2D eigenvalue weighted by molar-refractivity contribution is 0.305. The molecule has 0 radical (unpaired) electrons. The Kier molecular flexibility index (Phi) is 3.49. The van der Waals surface area contributed by atoms with E-state index in [9.17, 15) is 0 Å². The molecular weight excluding hydrogens is 234 g/mol. The van der Waals surface area contributed by atoms with Crippen LogP contribution in [0, 0.1) is 13.8 Å². The molecule has 0 saturated carbocycles. The molecule has 0 aliphatic rings. The first-order valence-electron chi connectivity index (χ1n) is 5.52. The molecule has 0 atom stereocenters. The van der Waals surface area contributed by atoms with Crippen molar-refractivity contribution in [2.75, 3.05) is 0 Å². The second kappa shape index (κ2) is 4.89. The molecule has 0 amide bonds. The number of nitrogens with zero attached hydrogens (tertiary/aromatic N) is 2. The molecule has 0 bridgehead atoms. The smallest absolute Gasteiger partial charge is 0.163 e. The van der Waals surface area contributed by atoms with Gasteiger partial charge in [0.15, 0.2) is 5.75 Å². The van der Waals surface area contributed by atoms with E-state index in [1.54, 1.807) is 11.3 Å². The molecule has 0 unspecified atom stereocenters. The highest BCUT2D eigenvalue weighted by molar-refractivity contribution is 7.11. The monoisotopic (exact) mass is 251 g/mol. The van der Waals surface area contributed by atoms with Crippen molar-refractivity contribution < 1.29 is 4.74 Å². The van der Waals surface area contributed by atoms with Gasteiger partial charge < -0.3 is 10.5 Å². The molecule has 92 valence electrons. The zero-order valence-electron chi connectivity index (χ0n) is 10.4. The Hall–Kier alpha value is -1.33. The van der Waals surface area contributed by atoms with Gasteiger partial charge in [0.25, 0.3) is 0 Å². The molecule has 2 rings (SSSR count). The summed E-state index contributed by atoms with van der Waals surface area (Å²) in [7, 11) is 1.92. The Bertz CT molecular complexity index is 516. The van der Waals surface area contributed by atoms with Crippen molar-refractivity contribution in [1.82, 2.24) is 9.78 Å². The largest absolute Gasteiger partial charge is 0.484 e. The lowest BCUT2D eigenvalue weighted by Crippen LogP contribution is -1.96. The first-order chi connectivity index (χ1) is 8.11. The van der Waals surface area contributed by atoms with E-state index in [4.69, 9.17) is 10.5 Å². The van der Waals surface area contributed by atoms with Crippen molar-refractivity contribution in [2.24, 2.45) is 12.8 Å². The van der Waals surface area contributed by atoms with Gasteiger partial charge in [-0.25, -0.2) is 0 Å². The number of aromatic nitrogens is 2. The molecule has 0 saturated heterocycles. The standard InChI is InChI=1S/C12H17N3OS/c1-8-12(9(2)15(3)14-8)16-7-11-5-4-10(6-13)17-11/h4-5H,6-7,13H2,1-3H3. The molecule has 2 N–H and O–H groups in total. The quantitative estimate of drug-likeness (QED) is 0.905. The van der Waals surface area contributed by atoms with Gasteiger partial charge in [0.1, 0.15) is 12.3 Å².